The minimum atomic E-state index is -0.667. The summed E-state index contributed by atoms with van der Waals surface area (Å²) in [4.78, 5) is 4.55. The number of rotatable bonds is 8. The zero-order valence-corrected chi connectivity index (χ0v) is 16.6. The van der Waals surface area contributed by atoms with Gasteiger partial charge in [0.1, 0.15) is 12.2 Å². The topological polar surface area (TPSA) is 68.2 Å². The van der Waals surface area contributed by atoms with Crippen molar-refractivity contribution >= 4 is 0 Å². The molecule has 4 unspecified atom stereocenters. The highest BCUT2D eigenvalue weighted by molar-refractivity contribution is 5.15. The van der Waals surface area contributed by atoms with E-state index in [-0.39, 0.29) is 18.8 Å². The normalized spacial score (nSPS) is 30.3. The van der Waals surface area contributed by atoms with Crippen molar-refractivity contribution in [3.63, 3.8) is 0 Å². The molecule has 4 atom stereocenters. The van der Waals surface area contributed by atoms with Crippen molar-refractivity contribution in [3.8, 4) is 0 Å². The third-order valence-electron chi connectivity index (χ3n) is 6.07. The molecule has 0 spiro atoms. The van der Waals surface area contributed by atoms with Crippen LogP contribution < -0.4 is 5.32 Å². The summed E-state index contributed by atoms with van der Waals surface area (Å²) in [5, 5.41) is 23.9. The number of likely N-dealkylation sites (N-methyl/N-ethyl adjacent to an activating group) is 1. The SMILES string of the molecule is CN1CCC(NCC2OC(CO)C(O)C2N(C)CCc2ccccc2)CC1. The van der Waals surface area contributed by atoms with Gasteiger partial charge in [-0.2, -0.15) is 0 Å². The third-order valence-corrected chi connectivity index (χ3v) is 6.07. The maximum atomic E-state index is 10.7. The van der Waals surface area contributed by atoms with Crippen LogP contribution in [0, 0.1) is 0 Å². The summed E-state index contributed by atoms with van der Waals surface area (Å²) in [6.07, 6.45) is 1.93. The van der Waals surface area contributed by atoms with Crippen LogP contribution in [0.4, 0.5) is 0 Å². The van der Waals surface area contributed by atoms with Crippen LogP contribution in [0.2, 0.25) is 0 Å². The Morgan fingerprint density at radius 2 is 1.89 bits per heavy atom. The molecule has 2 heterocycles. The molecule has 6 nitrogen and oxygen atoms in total. The molecule has 0 saturated carbocycles. The minimum Gasteiger partial charge on any atom is -0.394 e. The summed E-state index contributed by atoms with van der Waals surface area (Å²) >= 11 is 0. The van der Waals surface area contributed by atoms with Crippen LogP contribution in [0.15, 0.2) is 30.3 Å². The lowest BCUT2D eigenvalue weighted by Gasteiger charge is -2.33. The average Bonchev–Trinajstić information content (AvgIpc) is 3.02. The Kier molecular flexibility index (Phi) is 7.64. The van der Waals surface area contributed by atoms with E-state index in [4.69, 9.17) is 4.74 Å². The zero-order valence-electron chi connectivity index (χ0n) is 16.6. The first-order valence-electron chi connectivity index (χ1n) is 10.2. The van der Waals surface area contributed by atoms with Crippen molar-refractivity contribution in [2.24, 2.45) is 0 Å². The fourth-order valence-electron chi connectivity index (χ4n) is 4.28. The second-order valence-electron chi connectivity index (χ2n) is 8.08. The van der Waals surface area contributed by atoms with E-state index < -0.39 is 12.2 Å². The molecule has 0 amide bonds. The lowest BCUT2D eigenvalue weighted by molar-refractivity contribution is -0.0221. The van der Waals surface area contributed by atoms with Crippen LogP contribution in [0.25, 0.3) is 0 Å². The van der Waals surface area contributed by atoms with Crippen molar-refractivity contribution in [1.29, 1.82) is 0 Å². The van der Waals surface area contributed by atoms with Crippen molar-refractivity contribution in [2.45, 2.75) is 49.7 Å². The first-order chi connectivity index (χ1) is 13.1. The number of hydrogen-bond donors (Lipinski definition) is 3. The molecule has 152 valence electrons. The van der Waals surface area contributed by atoms with E-state index in [9.17, 15) is 10.2 Å². The van der Waals surface area contributed by atoms with Gasteiger partial charge in [-0.25, -0.2) is 0 Å². The summed E-state index contributed by atoms with van der Waals surface area (Å²) in [6, 6.07) is 10.8. The predicted molar refractivity (Wildman–Crippen MR) is 107 cm³/mol. The maximum absolute atomic E-state index is 10.7. The predicted octanol–water partition coefficient (Wildman–Crippen LogP) is 0.334. The van der Waals surface area contributed by atoms with Gasteiger partial charge < -0.3 is 25.2 Å². The van der Waals surface area contributed by atoms with E-state index in [0.29, 0.717) is 12.6 Å². The van der Waals surface area contributed by atoms with Crippen molar-refractivity contribution in [3.05, 3.63) is 35.9 Å². The molecular weight excluding hydrogens is 342 g/mol. The Morgan fingerprint density at radius 1 is 1.19 bits per heavy atom. The van der Waals surface area contributed by atoms with E-state index in [1.165, 1.54) is 5.56 Å². The highest BCUT2D eigenvalue weighted by Gasteiger charge is 2.45. The van der Waals surface area contributed by atoms with Crippen molar-refractivity contribution in [2.75, 3.05) is 46.9 Å². The van der Waals surface area contributed by atoms with Crippen LogP contribution in [0.3, 0.4) is 0 Å². The Hall–Kier alpha value is -1.02. The molecule has 3 N–H and O–H groups in total. The van der Waals surface area contributed by atoms with Gasteiger partial charge in [-0.15, -0.1) is 0 Å². The van der Waals surface area contributed by atoms with E-state index >= 15 is 0 Å². The van der Waals surface area contributed by atoms with Gasteiger partial charge >= 0.3 is 0 Å². The number of aliphatic hydroxyl groups excluding tert-OH is 2. The van der Waals surface area contributed by atoms with E-state index in [1.807, 2.05) is 13.1 Å². The van der Waals surface area contributed by atoms with Gasteiger partial charge in [0, 0.05) is 19.1 Å². The van der Waals surface area contributed by atoms with Crippen LogP contribution in [0.1, 0.15) is 18.4 Å². The van der Waals surface area contributed by atoms with Gasteiger partial charge in [0.15, 0.2) is 0 Å². The van der Waals surface area contributed by atoms with E-state index in [2.05, 4.69) is 46.4 Å². The molecule has 2 fully saturated rings. The summed E-state index contributed by atoms with van der Waals surface area (Å²) in [5.74, 6) is 0. The van der Waals surface area contributed by atoms with Crippen molar-refractivity contribution in [1.82, 2.24) is 15.1 Å². The van der Waals surface area contributed by atoms with Crippen LogP contribution >= 0.6 is 0 Å². The molecule has 1 aromatic rings. The molecule has 0 aliphatic carbocycles. The fourth-order valence-corrected chi connectivity index (χ4v) is 4.28. The fraction of sp³-hybridized carbons (Fsp3) is 0.714. The van der Waals surface area contributed by atoms with E-state index in [0.717, 1.165) is 38.9 Å². The van der Waals surface area contributed by atoms with Gasteiger partial charge in [-0.1, -0.05) is 30.3 Å². The number of piperidine rings is 1. The van der Waals surface area contributed by atoms with Gasteiger partial charge in [0.05, 0.1) is 18.8 Å². The molecule has 0 aromatic heterocycles. The summed E-state index contributed by atoms with van der Waals surface area (Å²) in [7, 11) is 4.21. The number of benzene rings is 1. The number of nitrogens with zero attached hydrogens (tertiary/aromatic N) is 2. The van der Waals surface area contributed by atoms with Crippen LogP contribution in [-0.2, 0) is 11.2 Å². The monoisotopic (exact) mass is 377 g/mol. The average molecular weight is 378 g/mol. The van der Waals surface area contributed by atoms with Crippen LogP contribution in [0.5, 0.6) is 0 Å². The second-order valence-corrected chi connectivity index (χ2v) is 8.08. The molecule has 2 saturated heterocycles. The quantitative estimate of drug-likeness (QED) is 0.607. The molecule has 3 rings (SSSR count). The molecule has 6 heteroatoms. The number of likely N-dealkylation sites (tertiary alicyclic amines) is 1. The first-order valence-corrected chi connectivity index (χ1v) is 10.2. The summed E-state index contributed by atoms with van der Waals surface area (Å²) in [6.45, 7) is 3.64. The standard InChI is InChI=1S/C21H35N3O3/c1-23-11-9-17(10-12-23)22-14-18-20(21(26)19(15-25)27-18)24(2)13-8-16-6-4-3-5-7-16/h3-7,17-22,25-26H,8-15H2,1-2H3. The molecule has 1 aromatic carbocycles. The highest BCUT2D eigenvalue weighted by atomic mass is 16.5. The summed E-state index contributed by atoms with van der Waals surface area (Å²) in [5.41, 5.74) is 1.29. The largest absolute Gasteiger partial charge is 0.394 e. The Balaban J connectivity index is 1.55. The van der Waals surface area contributed by atoms with Crippen molar-refractivity contribution < 1.29 is 14.9 Å². The number of aliphatic hydroxyl groups is 2. The smallest absolute Gasteiger partial charge is 0.109 e. The number of hydrogen-bond acceptors (Lipinski definition) is 6. The molecule has 0 radical (unpaired) electrons. The summed E-state index contributed by atoms with van der Waals surface area (Å²) < 4.78 is 6.01. The Labute approximate surface area is 163 Å². The molecular formula is C21H35N3O3. The minimum absolute atomic E-state index is 0.107. The van der Waals surface area contributed by atoms with Gasteiger partial charge in [-0.05, 0) is 52.0 Å². The van der Waals surface area contributed by atoms with Gasteiger partial charge in [0.25, 0.3) is 0 Å². The van der Waals surface area contributed by atoms with E-state index in [1.54, 1.807) is 0 Å². The Bertz CT molecular complexity index is 551. The molecule has 27 heavy (non-hydrogen) atoms. The van der Waals surface area contributed by atoms with Gasteiger partial charge in [0.2, 0.25) is 0 Å². The molecule has 2 aliphatic rings. The lowest BCUT2D eigenvalue weighted by atomic mass is 10.0. The Morgan fingerprint density at radius 3 is 2.56 bits per heavy atom. The maximum Gasteiger partial charge on any atom is 0.109 e. The zero-order chi connectivity index (χ0) is 19.2. The number of nitrogens with one attached hydrogen (secondary N) is 1. The lowest BCUT2D eigenvalue weighted by Crippen LogP contribution is -2.51. The highest BCUT2D eigenvalue weighted by Crippen LogP contribution is 2.25. The second kappa shape index (κ2) is 9.96. The number of ether oxygens (including phenoxy) is 1. The molecule has 2 aliphatic heterocycles. The van der Waals surface area contributed by atoms with Crippen LogP contribution in [-0.4, -0.2) is 97.3 Å². The molecule has 0 bridgehead atoms. The third kappa shape index (κ3) is 5.50. The van der Waals surface area contributed by atoms with Gasteiger partial charge in [-0.3, -0.25) is 4.90 Å². The first kappa shape index (κ1) is 20.7.